The third-order valence-electron chi connectivity index (χ3n) is 3.33. The molecule has 0 radical (unpaired) electrons. The maximum Gasteiger partial charge on any atom is 0.269 e. The van der Waals surface area contributed by atoms with Crippen LogP contribution in [-0.2, 0) is 4.74 Å². The van der Waals surface area contributed by atoms with Gasteiger partial charge in [-0.2, -0.15) is 0 Å². The Balaban J connectivity index is 2.05. The molecule has 0 unspecified atom stereocenters. The summed E-state index contributed by atoms with van der Waals surface area (Å²) in [6.07, 6.45) is 2.45. The molecule has 0 aliphatic carbocycles. The van der Waals surface area contributed by atoms with E-state index in [4.69, 9.17) is 9.47 Å². The molecule has 0 saturated heterocycles. The zero-order valence-corrected chi connectivity index (χ0v) is 14.9. The number of rotatable bonds is 9. The molecule has 6 nitrogen and oxygen atoms in total. The van der Waals surface area contributed by atoms with E-state index < -0.39 is 0 Å². The van der Waals surface area contributed by atoms with Gasteiger partial charge in [-0.1, -0.05) is 12.1 Å². The Bertz CT molecular complexity index is 689. The quantitative estimate of drug-likeness (QED) is 0.683. The largest absolute Gasteiger partial charge is 0.489 e. The van der Waals surface area contributed by atoms with Crippen molar-refractivity contribution in [3.63, 3.8) is 0 Å². The normalized spacial score (nSPS) is 10.6. The fourth-order valence-corrected chi connectivity index (χ4v) is 2.22. The number of carbonyl (C=O) groups is 1. The molecular weight excluding hydrogens is 318 g/mol. The summed E-state index contributed by atoms with van der Waals surface area (Å²) in [5, 5.41) is 6.11. The molecule has 6 heteroatoms. The van der Waals surface area contributed by atoms with E-state index in [-0.39, 0.29) is 12.0 Å². The molecule has 0 atom stereocenters. The van der Waals surface area contributed by atoms with Crippen molar-refractivity contribution in [2.75, 3.05) is 25.6 Å². The molecule has 134 valence electrons. The van der Waals surface area contributed by atoms with Crippen molar-refractivity contribution in [3.05, 3.63) is 48.3 Å². The summed E-state index contributed by atoms with van der Waals surface area (Å²) >= 11 is 0. The van der Waals surface area contributed by atoms with Crippen molar-refractivity contribution in [3.8, 4) is 5.75 Å². The summed E-state index contributed by atoms with van der Waals surface area (Å²) in [6.45, 7) is 5.13. The number of amides is 1. The van der Waals surface area contributed by atoms with Crippen LogP contribution in [0.15, 0.2) is 42.6 Å². The van der Waals surface area contributed by atoms with Gasteiger partial charge in [-0.25, -0.2) is 0 Å². The molecule has 1 aromatic carbocycles. The van der Waals surface area contributed by atoms with E-state index >= 15 is 0 Å². The zero-order chi connectivity index (χ0) is 18.1. The van der Waals surface area contributed by atoms with Gasteiger partial charge in [0.1, 0.15) is 11.4 Å². The lowest BCUT2D eigenvalue weighted by molar-refractivity contribution is 0.0943. The molecular formula is C19H25N3O3. The van der Waals surface area contributed by atoms with Gasteiger partial charge in [0, 0.05) is 32.1 Å². The summed E-state index contributed by atoms with van der Waals surface area (Å²) in [7, 11) is 1.64. The molecule has 1 amide bonds. The molecule has 0 aliphatic rings. The Morgan fingerprint density at radius 3 is 2.80 bits per heavy atom. The van der Waals surface area contributed by atoms with Crippen LogP contribution in [0.2, 0.25) is 0 Å². The van der Waals surface area contributed by atoms with Crippen LogP contribution >= 0.6 is 0 Å². The first-order valence-corrected chi connectivity index (χ1v) is 8.36. The second kappa shape index (κ2) is 9.64. The fourth-order valence-electron chi connectivity index (χ4n) is 2.22. The molecule has 2 rings (SSSR count). The molecule has 0 bridgehead atoms. The van der Waals surface area contributed by atoms with E-state index in [0.717, 1.165) is 23.5 Å². The Morgan fingerprint density at radius 1 is 1.24 bits per heavy atom. The Hall–Kier alpha value is -2.60. The maximum absolute atomic E-state index is 12.2. The number of anilines is 2. The average molecular weight is 343 g/mol. The minimum absolute atomic E-state index is 0.0776. The van der Waals surface area contributed by atoms with Crippen LogP contribution in [0.1, 0.15) is 30.8 Å². The van der Waals surface area contributed by atoms with Gasteiger partial charge >= 0.3 is 0 Å². The molecule has 2 aromatic rings. The number of methoxy groups -OCH3 is 1. The van der Waals surface area contributed by atoms with E-state index in [2.05, 4.69) is 15.6 Å². The summed E-state index contributed by atoms with van der Waals surface area (Å²) < 4.78 is 10.8. The van der Waals surface area contributed by atoms with Gasteiger partial charge in [-0.3, -0.25) is 9.78 Å². The van der Waals surface area contributed by atoms with Crippen LogP contribution in [0, 0.1) is 0 Å². The summed E-state index contributed by atoms with van der Waals surface area (Å²) in [4.78, 5) is 16.3. The minimum Gasteiger partial charge on any atom is -0.489 e. The van der Waals surface area contributed by atoms with Gasteiger partial charge in [-0.05, 0) is 44.5 Å². The maximum atomic E-state index is 12.2. The van der Waals surface area contributed by atoms with E-state index in [1.165, 1.54) is 0 Å². The first-order chi connectivity index (χ1) is 12.1. The highest BCUT2D eigenvalue weighted by molar-refractivity contribution is 5.93. The number of para-hydroxylation sites is 2. The topological polar surface area (TPSA) is 72.5 Å². The van der Waals surface area contributed by atoms with Gasteiger partial charge in [0.2, 0.25) is 0 Å². The van der Waals surface area contributed by atoms with Gasteiger partial charge in [0.15, 0.2) is 0 Å². The monoisotopic (exact) mass is 343 g/mol. The fraction of sp³-hybridized carbons (Fsp3) is 0.368. The number of pyridine rings is 1. The molecule has 1 aromatic heterocycles. The average Bonchev–Trinajstić information content (AvgIpc) is 2.60. The number of benzene rings is 1. The van der Waals surface area contributed by atoms with Gasteiger partial charge < -0.3 is 20.1 Å². The number of ether oxygens (including phenoxy) is 2. The lowest BCUT2D eigenvalue weighted by Crippen LogP contribution is -2.26. The number of nitrogens with one attached hydrogen (secondary N) is 2. The Kier molecular flexibility index (Phi) is 7.22. The zero-order valence-electron chi connectivity index (χ0n) is 14.9. The van der Waals surface area contributed by atoms with Crippen LogP contribution in [0.3, 0.4) is 0 Å². The van der Waals surface area contributed by atoms with Gasteiger partial charge in [0.05, 0.1) is 11.8 Å². The first-order valence-electron chi connectivity index (χ1n) is 8.36. The number of hydrogen-bond donors (Lipinski definition) is 2. The predicted molar refractivity (Wildman–Crippen MR) is 98.6 cm³/mol. The molecule has 0 spiro atoms. The third-order valence-corrected chi connectivity index (χ3v) is 3.33. The molecule has 25 heavy (non-hydrogen) atoms. The van der Waals surface area contributed by atoms with Crippen molar-refractivity contribution in [1.29, 1.82) is 0 Å². The molecule has 0 saturated carbocycles. The summed E-state index contributed by atoms with van der Waals surface area (Å²) in [5.41, 5.74) is 1.98. The van der Waals surface area contributed by atoms with Crippen LogP contribution in [0.5, 0.6) is 5.75 Å². The standard InChI is InChI=1S/C19H25N3O3/c1-14(2)25-18-8-5-4-7-16(18)22-15-9-11-20-17(13-15)19(23)21-10-6-12-24-3/h4-5,7-9,11,13-14H,6,10,12H2,1-3H3,(H,20,22)(H,21,23). The summed E-state index contributed by atoms with van der Waals surface area (Å²) in [6, 6.07) is 11.2. The van der Waals surface area contributed by atoms with Crippen molar-refractivity contribution >= 4 is 17.3 Å². The highest BCUT2D eigenvalue weighted by atomic mass is 16.5. The number of aromatic nitrogens is 1. The van der Waals surface area contributed by atoms with Crippen LogP contribution in [0.4, 0.5) is 11.4 Å². The molecule has 0 fully saturated rings. The molecule has 0 aliphatic heterocycles. The molecule has 2 N–H and O–H groups in total. The number of carbonyl (C=O) groups excluding carboxylic acids is 1. The SMILES string of the molecule is COCCCNC(=O)c1cc(Nc2ccccc2OC(C)C)ccn1. The van der Waals surface area contributed by atoms with Gasteiger partial charge in [0.25, 0.3) is 5.91 Å². The highest BCUT2D eigenvalue weighted by Crippen LogP contribution is 2.28. The second-order valence-corrected chi connectivity index (χ2v) is 5.82. The lowest BCUT2D eigenvalue weighted by atomic mass is 10.2. The number of nitrogens with zero attached hydrogens (tertiary/aromatic N) is 1. The van der Waals surface area contributed by atoms with Crippen LogP contribution in [-0.4, -0.2) is 37.3 Å². The third kappa shape index (κ3) is 6.08. The first kappa shape index (κ1) is 18.7. The smallest absolute Gasteiger partial charge is 0.269 e. The highest BCUT2D eigenvalue weighted by Gasteiger charge is 2.09. The van der Waals surface area contributed by atoms with Crippen molar-refractivity contribution in [1.82, 2.24) is 10.3 Å². The summed E-state index contributed by atoms with van der Waals surface area (Å²) in [5.74, 6) is 0.561. The lowest BCUT2D eigenvalue weighted by Gasteiger charge is -2.15. The van der Waals surface area contributed by atoms with E-state index in [9.17, 15) is 4.79 Å². The van der Waals surface area contributed by atoms with Crippen LogP contribution in [0.25, 0.3) is 0 Å². The minimum atomic E-state index is -0.202. The number of hydrogen-bond acceptors (Lipinski definition) is 5. The van der Waals surface area contributed by atoms with Crippen molar-refractivity contribution in [2.45, 2.75) is 26.4 Å². The molecule has 1 heterocycles. The predicted octanol–water partition coefficient (Wildman–Crippen LogP) is 3.38. The Morgan fingerprint density at radius 2 is 2.04 bits per heavy atom. The van der Waals surface area contributed by atoms with E-state index in [1.807, 2.05) is 44.2 Å². The second-order valence-electron chi connectivity index (χ2n) is 5.82. The van der Waals surface area contributed by atoms with Gasteiger partial charge in [-0.15, -0.1) is 0 Å². The van der Waals surface area contributed by atoms with E-state index in [1.54, 1.807) is 19.4 Å². The van der Waals surface area contributed by atoms with Crippen molar-refractivity contribution < 1.29 is 14.3 Å². The van der Waals surface area contributed by atoms with E-state index in [0.29, 0.717) is 18.8 Å². The van der Waals surface area contributed by atoms with Crippen LogP contribution < -0.4 is 15.4 Å². The Labute approximate surface area is 148 Å². The van der Waals surface area contributed by atoms with Crippen molar-refractivity contribution in [2.24, 2.45) is 0 Å².